The van der Waals surface area contributed by atoms with Gasteiger partial charge in [0.2, 0.25) is 0 Å². The fraction of sp³-hybridized carbons (Fsp3) is 0.200. The summed E-state index contributed by atoms with van der Waals surface area (Å²) >= 11 is 5.91. The summed E-state index contributed by atoms with van der Waals surface area (Å²) in [7, 11) is 0. The van der Waals surface area contributed by atoms with Crippen molar-refractivity contribution in [1.29, 1.82) is 0 Å². The van der Waals surface area contributed by atoms with Crippen LogP contribution in [0.15, 0.2) is 30.3 Å². The molecule has 1 aliphatic heterocycles. The van der Waals surface area contributed by atoms with Crippen molar-refractivity contribution in [2.24, 2.45) is 0 Å². The molecule has 23 heavy (non-hydrogen) atoms. The molecule has 0 bridgehead atoms. The van der Waals surface area contributed by atoms with Gasteiger partial charge < -0.3 is 10.1 Å². The predicted molar refractivity (Wildman–Crippen MR) is 82.1 cm³/mol. The maximum atomic E-state index is 12.2. The Morgan fingerprint density at radius 2 is 2.13 bits per heavy atom. The largest absolute Gasteiger partial charge is 0.452 e. The van der Waals surface area contributed by atoms with Crippen LogP contribution in [0.4, 0.5) is 4.79 Å². The van der Waals surface area contributed by atoms with E-state index in [0.29, 0.717) is 17.4 Å². The van der Waals surface area contributed by atoms with Gasteiger partial charge in [0, 0.05) is 18.5 Å². The molecule has 8 heteroatoms. The lowest BCUT2D eigenvalue weighted by atomic mass is 10.1. The molecule has 1 saturated heterocycles. The minimum atomic E-state index is -0.696. The molecule has 1 aromatic carbocycles. The van der Waals surface area contributed by atoms with Gasteiger partial charge in [0.05, 0.1) is 11.1 Å². The van der Waals surface area contributed by atoms with Crippen LogP contribution in [0.25, 0.3) is 10.9 Å². The number of rotatable bonds is 3. The van der Waals surface area contributed by atoms with Crippen LogP contribution in [0.5, 0.6) is 0 Å². The quantitative estimate of drug-likeness (QED) is 0.680. The van der Waals surface area contributed by atoms with Gasteiger partial charge in [-0.1, -0.05) is 29.8 Å². The molecule has 1 fully saturated rings. The third kappa shape index (κ3) is 3.09. The zero-order chi connectivity index (χ0) is 16.4. The van der Waals surface area contributed by atoms with E-state index in [4.69, 9.17) is 16.3 Å². The summed E-state index contributed by atoms with van der Waals surface area (Å²) in [6, 6.07) is 7.87. The Kier molecular flexibility index (Phi) is 4.12. The van der Waals surface area contributed by atoms with Crippen molar-refractivity contribution in [1.82, 2.24) is 15.2 Å². The summed E-state index contributed by atoms with van der Waals surface area (Å²) in [5, 5.41) is 3.23. The lowest BCUT2D eigenvalue weighted by Gasteiger charge is -2.12. The Hall–Kier alpha value is -2.67. The summed E-state index contributed by atoms with van der Waals surface area (Å²) in [6.45, 7) is 0.142. The number of nitrogens with zero attached hydrogens (tertiary/aromatic N) is 2. The van der Waals surface area contributed by atoms with E-state index in [2.05, 4.69) is 10.3 Å². The number of aromatic nitrogens is 1. The Labute approximate surface area is 136 Å². The molecule has 2 heterocycles. The number of halogens is 1. The highest BCUT2D eigenvalue weighted by Crippen LogP contribution is 2.21. The number of para-hydroxylation sites is 1. The number of benzene rings is 1. The van der Waals surface area contributed by atoms with Gasteiger partial charge in [0.1, 0.15) is 5.15 Å². The zero-order valence-electron chi connectivity index (χ0n) is 11.9. The van der Waals surface area contributed by atoms with Crippen molar-refractivity contribution in [2.75, 3.05) is 19.7 Å². The fourth-order valence-corrected chi connectivity index (χ4v) is 2.50. The van der Waals surface area contributed by atoms with Crippen LogP contribution in [-0.4, -0.2) is 47.5 Å². The standard InChI is InChI=1S/C15H12ClN3O4/c16-12-7-10(9-3-1-2-4-11(9)18-12)14(21)23-8-13(20)19-6-5-17-15(19)22/h1-4,7H,5-6,8H2,(H,17,22). The molecule has 2 aromatic rings. The first-order valence-corrected chi connectivity index (χ1v) is 7.24. The van der Waals surface area contributed by atoms with E-state index in [0.717, 1.165) is 4.90 Å². The number of fused-ring (bicyclic) bond motifs is 1. The number of amides is 3. The van der Waals surface area contributed by atoms with E-state index in [1.807, 2.05) is 0 Å². The molecule has 0 radical (unpaired) electrons. The summed E-state index contributed by atoms with van der Waals surface area (Å²) in [6.07, 6.45) is 0. The number of pyridine rings is 1. The molecule has 0 saturated carbocycles. The summed E-state index contributed by atoms with van der Waals surface area (Å²) in [5.41, 5.74) is 0.775. The fourth-order valence-electron chi connectivity index (χ4n) is 2.30. The molecule has 0 spiro atoms. The number of carbonyl (C=O) groups is 3. The number of urea groups is 1. The number of ether oxygens (including phenoxy) is 1. The van der Waals surface area contributed by atoms with E-state index in [-0.39, 0.29) is 17.3 Å². The Bertz CT molecular complexity index is 808. The van der Waals surface area contributed by atoms with Crippen LogP contribution in [-0.2, 0) is 9.53 Å². The smallest absolute Gasteiger partial charge is 0.339 e. The average molecular weight is 334 g/mol. The lowest BCUT2D eigenvalue weighted by molar-refractivity contribution is -0.130. The second kappa shape index (κ2) is 6.21. The van der Waals surface area contributed by atoms with Crippen LogP contribution < -0.4 is 5.32 Å². The van der Waals surface area contributed by atoms with Gasteiger partial charge in [-0.25, -0.2) is 14.6 Å². The first-order chi connectivity index (χ1) is 11.1. The van der Waals surface area contributed by atoms with Gasteiger partial charge in [-0.3, -0.25) is 9.69 Å². The highest BCUT2D eigenvalue weighted by atomic mass is 35.5. The van der Waals surface area contributed by atoms with Crippen LogP contribution in [0.2, 0.25) is 5.15 Å². The second-order valence-electron chi connectivity index (χ2n) is 4.86. The van der Waals surface area contributed by atoms with Crippen molar-refractivity contribution < 1.29 is 19.1 Å². The predicted octanol–water partition coefficient (Wildman–Crippen LogP) is 1.60. The maximum Gasteiger partial charge on any atom is 0.339 e. The molecule has 118 valence electrons. The van der Waals surface area contributed by atoms with Crippen LogP contribution in [0, 0.1) is 0 Å². The minimum absolute atomic E-state index is 0.154. The van der Waals surface area contributed by atoms with Crippen LogP contribution in [0.1, 0.15) is 10.4 Å². The number of esters is 1. The molecule has 0 unspecified atom stereocenters. The molecular formula is C15H12ClN3O4. The monoisotopic (exact) mass is 333 g/mol. The Morgan fingerprint density at radius 3 is 2.87 bits per heavy atom. The molecule has 1 aliphatic rings. The molecule has 0 atom stereocenters. The van der Waals surface area contributed by atoms with Gasteiger partial charge in [0.25, 0.3) is 5.91 Å². The third-order valence-corrected chi connectivity index (χ3v) is 3.58. The number of hydrogen-bond donors (Lipinski definition) is 1. The van der Waals surface area contributed by atoms with Gasteiger partial charge in [-0.2, -0.15) is 0 Å². The highest BCUT2D eigenvalue weighted by Gasteiger charge is 2.27. The number of hydrogen-bond acceptors (Lipinski definition) is 5. The maximum absolute atomic E-state index is 12.2. The summed E-state index contributed by atoms with van der Waals surface area (Å²) in [4.78, 5) is 40.6. The Morgan fingerprint density at radius 1 is 1.35 bits per heavy atom. The van der Waals surface area contributed by atoms with E-state index in [1.165, 1.54) is 6.07 Å². The van der Waals surface area contributed by atoms with Gasteiger partial charge in [-0.15, -0.1) is 0 Å². The number of carbonyl (C=O) groups excluding carboxylic acids is 3. The van der Waals surface area contributed by atoms with Gasteiger partial charge >= 0.3 is 12.0 Å². The normalized spacial score (nSPS) is 14.0. The molecule has 0 aliphatic carbocycles. The molecule has 3 amide bonds. The number of nitrogens with one attached hydrogen (secondary N) is 1. The molecule has 1 N–H and O–H groups in total. The van der Waals surface area contributed by atoms with Gasteiger partial charge in [0.15, 0.2) is 6.61 Å². The average Bonchev–Trinajstić information content (AvgIpc) is 2.97. The summed E-state index contributed by atoms with van der Waals surface area (Å²) < 4.78 is 5.02. The van der Waals surface area contributed by atoms with Crippen molar-refractivity contribution in [3.8, 4) is 0 Å². The first-order valence-electron chi connectivity index (χ1n) is 6.87. The van der Waals surface area contributed by atoms with Gasteiger partial charge in [-0.05, 0) is 12.1 Å². The zero-order valence-corrected chi connectivity index (χ0v) is 12.7. The SMILES string of the molecule is O=C(OCC(=O)N1CCNC1=O)c1cc(Cl)nc2ccccc12. The van der Waals surface area contributed by atoms with Crippen molar-refractivity contribution in [3.63, 3.8) is 0 Å². The number of imide groups is 1. The van der Waals surface area contributed by atoms with E-state index < -0.39 is 24.5 Å². The van der Waals surface area contributed by atoms with Crippen molar-refractivity contribution in [2.45, 2.75) is 0 Å². The van der Waals surface area contributed by atoms with Crippen LogP contribution >= 0.6 is 11.6 Å². The molecule has 1 aromatic heterocycles. The second-order valence-corrected chi connectivity index (χ2v) is 5.25. The molecular weight excluding hydrogens is 322 g/mol. The molecule has 7 nitrogen and oxygen atoms in total. The first kappa shape index (κ1) is 15.2. The Balaban J connectivity index is 1.76. The van der Waals surface area contributed by atoms with E-state index >= 15 is 0 Å². The van der Waals surface area contributed by atoms with E-state index in [9.17, 15) is 14.4 Å². The topological polar surface area (TPSA) is 88.6 Å². The molecule has 3 rings (SSSR count). The highest BCUT2D eigenvalue weighted by molar-refractivity contribution is 6.30. The van der Waals surface area contributed by atoms with Crippen LogP contribution in [0.3, 0.4) is 0 Å². The van der Waals surface area contributed by atoms with Crippen molar-refractivity contribution in [3.05, 3.63) is 41.0 Å². The van der Waals surface area contributed by atoms with Crippen molar-refractivity contribution >= 4 is 40.4 Å². The third-order valence-electron chi connectivity index (χ3n) is 3.39. The summed E-state index contributed by atoms with van der Waals surface area (Å²) in [5.74, 6) is -1.27. The minimum Gasteiger partial charge on any atom is -0.452 e. The lowest BCUT2D eigenvalue weighted by Crippen LogP contribution is -2.37. The van der Waals surface area contributed by atoms with E-state index in [1.54, 1.807) is 24.3 Å².